The molecule has 18 heteroatoms. The van der Waals surface area contributed by atoms with Crippen molar-refractivity contribution < 1.29 is 43.2 Å². The minimum absolute atomic E-state index is 0.185. The molecule has 7 rings (SSSR count). The van der Waals surface area contributed by atoms with Gasteiger partial charge < -0.3 is 0 Å². The number of aromatic nitrogens is 2. The summed E-state index contributed by atoms with van der Waals surface area (Å²) in [6.45, 7) is 0. The molecule has 0 saturated heterocycles. The van der Waals surface area contributed by atoms with E-state index in [0.717, 1.165) is 30.3 Å². The molecule has 5 aromatic carbocycles. The SMILES string of the molecule is O=S(=O)(Nc1ccc(-c2csc(-c3ccc(C(F)(F)F)cc3)n2)cc1)c1cccc(S(=O)(=O)Nc2ccc(-c3csc(-c4ccc(C(F)(F)F)cc4)n3)cc2)c1. The van der Waals surface area contributed by atoms with Crippen molar-refractivity contribution >= 4 is 54.1 Å². The van der Waals surface area contributed by atoms with Gasteiger partial charge >= 0.3 is 12.4 Å². The third-order valence-corrected chi connectivity index (χ3v) is 12.8. The summed E-state index contributed by atoms with van der Waals surface area (Å²) < 4.78 is 136. The normalized spacial score (nSPS) is 12.4. The molecule has 0 bridgehead atoms. The molecule has 0 radical (unpaired) electrons. The number of rotatable bonds is 10. The first-order valence-corrected chi connectivity index (χ1v) is 20.8. The minimum Gasteiger partial charge on any atom is -0.280 e. The highest BCUT2D eigenvalue weighted by Gasteiger charge is 2.31. The number of sulfonamides is 2. The number of nitrogens with one attached hydrogen (secondary N) is 2. The van der Waals surface area contributed by atoms with Crippen LogP contribution in [0.1, 0.15) is 11.1 Å². The molecule has 0 unspecified atom stereocenters. The summed E-state index contributed by atoms with van der Waals surface area (Å²) >= 11 is 2.48. The number of hydrogen-bond acceptors (Lipinski definition) is 8. The molecule has 0 aliphatic carbocycles. The summed E-state index contributed by atoms with van der Waals surface area (Å²) in [7, 11) is -8.49. The van der Waals surface area contributed by atoms with Crippen LogP contribution in [0.4, 0.5) is 37.7 Å². The maximum absolute atomic E-state index is 13.3. The third-order valence-electron chi connectivity index (χ3n) is 8.22. The van der Waals surface area contributed by atoms with Gasteiger partial charge in [-0.25, -0.2) is 26.8 Å². The summed E-state index contributed by atoms with van der Waals surface area (Å²) in [5, 5.41) is 4.47. The van der Waals surface area contributed by atoms with Crippen molar-refractivity contribution in [1.29, 1.82) is 0 Å². The monoisotopic (exact) mass is 842 g/mol. The lowest BCUT2D eigenvalue weighted by molar-refractivity contribution is -0.138. The van der Waals surface area contributed by atoms with Crippen LogP contribution in [0.2, 0.25) is 0 Å². The lowest BCUT2D eigenvalue weighted by Gasteiger charge is -2.12. The van der Waals surface area contributed by atoms with Crippen LogP contribution in [0.25, 0.3) is 43.7 Å². The van der Waals surface area contributed by atoms with Gasteiger partial charge in [0.15, 0.2) is 0 Å². The van der Waals surface area contributed by atoms with Crippen molar-refractivity contribution in [2.45, 2.75) is 22.1 Å². The van der Waals surface area contributed by atoms with Crippen LogP contribution in [0, 0.1) is 0 Å². The first-order valence-electron chi connectivity index (χ1n) is 16.1. The molecule has 7 aromatic rings. The average molecular weight is 843 g/mol. The smallest absolute Gasteiger partial charge is 0.280 e. The van der Waals surface area contributed by atoms with Gasteiger partial charge in [-0.1, -0.05) is 54.6 Å². The number of hydrogen-bond donors (Lipinski definition) is 2. The average Bonchev–Trinajstić information content (AvgIpc) is 3.86. The van der Waals surface area contributed by atoms with E-state index >= 15 is 0 Å². The van der Waals surface area contributed by atoms with E-state index in [1.807, 2.05) is 0 Å². The van der Waals surface area contributed by atoms with Crippen LogP contribution < -0.4 is 9.44 Å². The summed E-state index contributed by atoms with van der Waals surface area (Å²) in [5.74, 6) is 0. The highest BCUT2D eigenvalue weighted by molar-refractivity contribution is 7.93. The van der Waals surface area contributed by atoms with Crippen molar-refractivity contribution in [3.8, 4) is 43.7 Å². The second-order valence-electron chi connectivity index (χ2n) is 12.1. The Labute approximate surface area is 324 Å². The maximum Gasteiger partial charge on any atom is 0.416 e. The van der Waals surface area contributed by atoms with Crippen LogP contribution in [0.3, 0.4) is 0 Å². The van der Waals surface area contributed by atoms with Gasteiger partial charge in [0, 0.05) is 44.4 Å². The molecule has 0 atom stereocenters. The first kappa shape index (κ1) is 38.7. The molecule has 0 aliphatic rings. The van der Waals surface area contributed by atoms with Gasteiger partial charge in [0.2, 0.25) is 0 Å². The van der Waals surface area contributed by atoms with Gasteiger partial charge in [-0.3, -0.25) is 9.44 Å². The van der Waals surface area contributed by atoms with Crippen LogP contribution in [-0.4, -0.2) is 26.8 Å². The van der Waals surface area contributed by atoms with Crippen molar-refractivity contribution in [3.05, 3.63) is 143 Å². The van der Waals surface area contributed by atoms with Crippen LogP contribution in [0.5, 0.6) is 0 Å². The number of benzene rings is 5. The molecule has 2 heterocycles. The molecule has 286 valence electrons. The molecule has 0 saturated carbocycles. The van der Waals surface area contributed by atoms with Crippen LogP contribution in [0.15, 0.2) is 142 Å². The molecule has 0 aliphatic heterocycles. The molecular formula is C38H24F6N4O4S4. The second-order valence-corrected chi connectivity index (χ2v) is 17.1. The largest absolute Gasteiger partial charge is 0.416 e. The van der Waals surface area contributed by atoms with Crippen molar-refractivity contribution in [2.75, 3.05) is 9.44 Å². The standard InChI is InChI=1S/C38H24F6N4O4S4/c39-37(40,41)27-12-4-25(5-13-27)35-45-33(21-53-35)23-8-16-29(17-9-23)47-55(49,50)31-2-1-3-32(20-31)56(51,52)48-30-18-10-24(11-19-30)34-22-54-36(46-34)26-6-14-28(15-7-26)38(42,43)44/h1-22,47-48H. The van der Waals surface area contributed by atoms with E-state index in [9.17, 15) is 43.2 Å². The van der Waals surface area contributed by atoms with E-state index < -0.39 is 43.5 Å². The van der Waals surface area contributed by atoms with Gasteiger partial charge in [0.05, 0.1) is 32.3 Å². The quantitative estimate of drug-likeness (QED) is 0.132. The number of anilines is 2. The fraction of sp³-hybridized carbons (Fsp3) is 0.0526. The Kier molecular flexibility index (Phi) is 10.3. The van der Waals surface area contributed by atoms with E-state index in [0.29, 0.717) is 43.7 Å². The predicted molar refractivity (Wildman–Crippen MR) is 204 cm³/mol. The molecule has 0 spiro atoms. The topological polar surface area (TPSA) is 118 Å². The van der Waals surface area contributed by atoms with Gasteiger partial charge in [-0.15, -0.1) is 22.7 Å². The summed E-state index contributed by atoms with van der Waals surface area (Å²) in [6, 6.07) is 26.6. The Hall–Kier alpha value is -5.56. The van der Waals surface area contributed by atoms with E-state index in [4.69, 9.17) is 0 Å². The molecule has 0 amide bonds. The van der Waals surface area contributed by atoms with Gasteiger partial charge in [-0.2, -0.15) is 26.3 Å². The summed E-state index contributed by atoms with van der Waals surface area (Å²) in [6.07, 6.45) is -8.90. The Balaban J connectivity index is 0.997. The first-order chi connectivity index (χ1) is 26.4. The van der Waals surface area contributed by atoms with Gasteiger partial charge in [0.25, 0.3) is 20.0 Å². The fourth-order valence-corrected chi connectivity index (χ4v) is 9.29. The zero-order chi connectivity index (χ0) is 39.9. The zero-order valence-electron chi connectivity index (χ0n) is 28.1. The van der Waals surface area contributed by atoms with Gasteiger partial charge in [0.1, 0.15) is 10.0 Å². The fourth-order valence-electron chi connectivity index (χ4n) is 5.34. The molecule has 0 fully saturated rings. The van der Waals surface area contributed by atoms with E-state index in [1.165, 1.54) is 89.4 Å². The lowest BCUT2D eigenvalue weighted by Crippen LogP contribution is -2.16. The minimum atomic E-state index is -4.45. The van der Waals surface area contributed by atoms with E-state index in [1.54, 1.807) is 35.0 Å². The van der Waals surface area contributed by atoms with E-state index in [2.05, 4.69) is 19.4 Å². The van der Waals surface area contributed by atoms with Crippen molar-refractivity contribution in [1.82, 2.24) is 9.97 Å². The molecular weight excluding hydrogens is 819 g/mol. The summed E-state index contributed by atoms with van der Waals surface area (Å²) in [5.41, 5.74) is 2.20. The maximum atomic E-state index is 13.3. The highest BCUT2D eigenvalue weighted by atomic mass is 32.2. The van der Waals surface area contributed by atoms with Crippen molar-refractivity contribution in [2.24, 2.45) is 0 Å². The number of thiazole rings is 2. The Morgan fingerprint density at radius 1 is 0.464 bits per heavy atom. The Morgan fingerprint density at radius 2 is 0.804 bits per heavy atom. The van der Waals surface area contributed by atoms with E-state index in [-0.39, 0.29) is 21.2 Å². The Morgan fingerprint density at radius 3 is 1.14 bits per heavy atom. The second kappa shape index (κ2) is 14.8. The van der Waals surface area contributed by atoms with Gasteiger partial charge in [-0.05, 0) is 66.7 Å². The van der Waals surface area contributed by atoms with Crippen LogP contribution >= 0.6 is 22.7 Å². The molecule has 2 aromatic heterocycles. The lowest BCUT2D eigenvalue weighted by atomic mass is 10.1. The molecule has 8 nitrogen and oxygen atoms in total. The molecule has 2 N–H and O–H groups in total. The third kappa shape index (κ3) is 8.62. The Bertz CT molecular complexity index is 2550. The number of nitrogens with zero attached hydrogens (tertiary/aromatic N) is 2. The highest BCUT2D eigenvalue weighted by Crippen LogP contribution is 2.35. The summed E-state index contributed by atoms with van der Waals surface area (Å²) in [4.78, 5) is 8.38. The van der Waals surface area contributed by atoms with Crippen molar-refractivity contribution in [3.63, 3.8) is 0 Å². The van der Waals surface area contributed by atoms with Crippen LogP contribution in [-0.2, 0) is 32.4 Å². The zero-order valence-corrected chi connectivity index (χ0v) is 31.4. The number of alkyl halides is 6. The number of halogens is 6. The molecule has 56 heavy (non-hydrogen) atoms. The predicted octanol–water partition coefficient (Wildman–Crippen LogP) is 10.9.